The average Bonchev–Trinajstić information content (AvgIpc) is 4.08. The summed E-state index contributed by atoms with van der Waals surface area (Å²) in [5, 5.41) is 19.2. The molecule has 6 atom stereocenters. The SMILES string of the molecule is CCc1cccc2cc(O)cc(-c3ncc4c(N5CC6CCC(C5)N6)nc(OCC5(CN6C[C@@H]7[C@@H](CN8CCN(c9ccc%10c(c9)CN([C@H]9CCC(=O)NC9=O)C%10=O)CC8)[C@@H]7C6)CC5)nc4c3F)c12. The number of piperidine rings is 2. The lowest BCUT2D eigenvalue weighted by molar-refractivity contribution is -0.136. The molecule has 15 nitrogen and oxygen atoms in total. The lowest BCUT2D eigenvalue weighted by atomic mass is 9.95. The van der Waals surface area contributed by atoms with Crippen molar-refractivity contribution in [2.75, 3.05) is 81.9 Å². The van der Waals surface area contributed by atoms with E-state index in [1.54, 1.807) is 23.2 Å². The molecular weight excluding hydrogens is 876 g/mol. The highest BCUT2D eigenvalue weighted by Gasteiger charge is 2.57. The monoisotopic (exact) mass is 934 g/mol. The number of aromatic nitrogens is 3. The third-order valence-corrected chi connectivity index (χ3v) is 17.0. The van der Waals surface area contributed by atoms with Gasteiger partial charge in [-0.15, -0.1) is 0 Å². The first kappa shape index (κ1) is 43.1. The molecule has 5 saturated heterocycles. The minimum absolute atomic E-state index is 0.0301. The van der Waals surface area contributed by atoms with Gasteiger partial charge in [0.1, 0.15) is 28.8 Å². The molecule has 3 N–H and O–H groups in total. The van der Waals surface area contributed by atoms with Gasteiger partial charge in [0.05, 0.1) is 12.0 Å². The number of hydrogen-bond donors (Lipinski definition) is 3. The summed E-state index contributed by atoms with van der Waals surface area (Å²) in [6.07, 6.45) is 7.45. The summed E-state index contributed by atoms with van der Waals surface area (Å²) in [5.74, 6) is 1.58. The summed E-state index contributed by atoms with van der Waals surface area (Å²) in [4.78, 5) is 63.6. The highest BCUT2D eigenvalue weighted by molar-refractivity contribution is 6.06. The van der Waals surface area contributed by atoms with Crippen molar-refractivity contribution in [2.24, 2.45) is 23.2 Å². The van der Waals surface area contributed by atoms with E-state index in [0.717, 1.165) is 143 Å². The minimum atomic E-state index is -0.604. The van der Waals surface area contributed by atoms with Crippen molar-refractivity contribution in [3.8, 4) is 23.0 Å². The molecule has 7 fully saturated rings. The van der Waals surface area contributed by atoms with E-state index >= 15 is 4.39 Å². The van der Waals surface area contributed by atoms with E-state index in [0.29, 0.717) is 54.0 Å². The number of rotatable bonds is 12. The second-order valence-electron chi connectivity index (χ2n) is 21.4. The largest absolute Gasteiger partial charge is 0.508 e. The molecule has 8 aliphatic rings. The molecular formula is C53H59FN10O5. The average molecular weight is 935 g/mol. The lowest BCUT2D eigenvalue weighted by Gasteiger charge is -2.37. The van der Waals surface area contributed by atoms with E-state index < -0.39 is 11.9 Å². The number of aromatic hydroxyl groups is 1. The van der Waals surface area contributed by atoms with Crippen molar-refractivity contribution in [3.05, 3.63) is 77.2 Å². The van der Waals surface area contributed by atoms with Crippen LogP contribution in [0.25, 0.3) is 32.9 Å². The molecule has 2 aliphatic carbocycles. The maximum atomic E-state index is 17.2. The molecule has 0 spiro atoms. The number of fused-ring (bicyclic) bond motifs is 6. The Bertz CT molecular complexity index is 2920. The number of anilines is 2. The van der Waals surface area contributed by atoms with Gasteiger partial charge < -0.3 is 34.8 Å². The normalized spacial score (nSPS) is 27.3. The fourth-order valence-electron chi connectivity index (χ4n) is 13.1. The third kappa shape index (κ3) is 7.73. The van der Waals surface area contributed by atoms with Crippen molar-refractivity contribution in [2.45, 2.75) is 76.5 Å². The molecule has 8 heterocycles. The predicted molar refractivity (Wildman–Crippen MR) is 259 cm³/mol. The molecule has 2 bridgehead atoms. The Morgan fingerprint density at radius 3 is 2.43 bits per heavy atom. The van der Waals surface area contributed by atoms with Gasteiger partial charge in [-0.3, -0.25) is 29.6 Å². The van der Waals surface area contributed by atoms with Crippen LogP contribution < -0.4 is 25.2 Å². The number of hydrogen-bond acceptors (Lipinski definition) is 13. The number of phenolic OH excluding ortho intramolecular Hbond substituents is 1. The van der Waals surface area contributed by atoms with Crippen LogP contribution in [0.2, 0.25) is 0 Å². The maximum absolute atomic E-state index is 17.2. The Kier molecular flexibility index (Phi) is 10.4. The van der Waals surface area contributed by atoms with E-state index in [9.17, 15) is 19.5 Å². The molecule has 5 aromatic rings. The van der Waals surface area contributed by atoms with Crippen molar-refractivity contribution >= 4 is 50.9 Å². The number of piperazine rings is 2. The van der Waals surface area contributed by atoms with Crippen LogP contribution in [0, 0.1) is 29.0 Å². The summed E-state index contributed by atoms with van der Waals surface area (Å²) in [7, 11) is 0. The number of benzene rings is 3. The Hall–Kier alpha value is -5.97. The van der Waals surface area contributed by atoms with Gasteiger partial charge in [0.25, 0.3) is 5.91 Å². The Morgan fingerprint density at radius 2 is 1.68 bits per heavy atom. The first-order chi connectivity index (χ1) is 33.6. The van der Waals surface area contributed by atoms with Crippen molar-refractivity contribution < 1.29 is 28.6 Å². The zero-order valence-electron chi connectivity index (χ0n) is 39.1. The first-order valence-electron chi connectivity index (χ1n) is 25.3. The second-order valence-corrected chi connectivity index (χ2v) is 21.4. The van der Waals surface area contributed by atoms with Crippen LogP contribution in [0.4, 0.5) is 15.9 Å². The van der Waals surface area contributed by atoms with E-state index in [4.69, 9.17) is 19.7 Å². The topological polar surface area (TPSA) is 160 Å². The number of pyridine rings is 1. The maximum Gasteiger partial charge on any atom is 0.319 e. The standard InChI is InChI=1S/C53H59FN10O5/c1-2-30-4-3-5-31-19-36(65)20-38(45(30)31)47-46(54)48-39(21-55-47)49(63-23-33-6-7-34(24-63)56-33)59-52(58-48)69-29-53(12-13-53)28-61-26-41-40(42(41)27-61)25-60-14-16-62(17-15-60)35-8-9-37-32(18-35)22-64(51(37)68)43-10-11-44(66)57-50(43)67/h3-5,8-9,18-21,33-34,40-43,56,65H,2,6-7,10-17,22-29H2,1H3,(H,57,66,67)/t33?,34?,40-,41-,42+,43-/m0/s1. The summed E-state index contributed by atoms with van der Waals surface area (Å²) in [6.45, 7) is 12.7. The van der Waals surface area contributed by atoms with Crippen LogP contribution in [0.3, 0.4) is 0 Å². The van der Waals surface area contributed by atoms with Gasteiger partial charge in [-0.2, -0.15) is 9.97 Å². The number of ether oxygens (including phenoxy) is 1. The number of nitrogens with zero attached hydrogens (tertiary/aromatic N) is 8. The van der Waals surface area contributed by atoms with Crippen LogP contribution in [0.15, 0.2) is 54.7 Å². The minimum Gasteiger partial charge on any atom is -0.508 e. The number of aryl methyl sites for hydroxylation is 1. The van der Waals surface area contributed by atoms with E-state index in [2.05, 4.69) is 43.2 Å². The number of nitrogens with one attached hydrogen (secondary N) is 2. The van der Waals surface area contributed by atoms with Crippen molar-refractivity contribution in [1.82, 2.24) is 40.3 Å². The van der Waals surface area contributed by atoms with Crippen LogP contribution in [0.5, 0.6) is 11.8 Å². The highest BCUT2D eigenvalue weighted by Crippen LogP contribution is 2.55. The zero-order chi connectivity index (χ0) is 46.7. The van der Waals surface area contributed by atoms with Gasteiger partial charge in [0.15, 0.2) is 5.82 Å². The van der Waals surface area contributed by atoms with Gasteiger partial charge >= 0.3 is 6.01 Å². The zero-order valence-corrected chi connectivity index (χ0v) is 39.1. The number of carbonyl (C=O) groups excluding carboxylic acids is 3. The van der Waals surface area contributed by atoms with Crippen LogP contribution in [-0.2, 0) is 22.6 Å². The highest BCUT2D eigenvalue weighted by atomic mass is 19.1. The summed E-state index contributed by atoms with van der Waals surface area (Å²) >= 11 is 0. The fraction of sp³-hybridized carbons (Fsp3) is 0.509. The fourth-order valence-corrected chi connectivity index (χ4v) is 13.1. The van der Waals surface area contributed by atoms with Crippen molar-refractivity contribution in [3.63, 3.8) is 0 Å². The Balaban J connectivity index is 0.647. The summed E-state index contributed by atoms with van der Waals surface area (Å²) in [6, 6.07) is 15.6. The molecule has 0 radical (unpaired) electrons. The van der Waals surface area contributed by atoms with Crippen LogP contribution >= 0.6 is 0 Å². The van der Waals surface area contributed by atoms with Gasteiger partial charge in [-0.1, -0.05) is 25.1 Å². The third-order valence-electron chi connectivity index (χ3n) is 17.0. The molecule has 358 valence electrons. The Morgan fingerprint density at radius 1 is 0.884 bits per heavy atom. The first-order valence-corrected chi connectivity index (χ1v) is 25.3. The van der Waals surface area contributed by atoms with Crippen molar-refractivity contribution in [1.29, 1.82) is 0 Å². The number of phenols is 1. The Labute approximate surface area is 400 Å². The predicted octanol–water partition coefficient (Wildman–Crippen LogP) is 5.11. The summed E-state index contributed by atoms with van der Waals surface area (Å²) in [5.41, 5.74) is 4.69. The van der Waals surface area contributed by atoms with Crippen LogP contribution in [-0.4, -0.2) is 143 Å². The van der Waals surface area contributed by atoms with Gasteiger partial charge in [0.2, 0.25) is 11.8 Å². The van der Waals surface area contributed by atoms with E-state index in [1.807, 2.05) is 30.3 Å². The molecule has 3 amide bonds. The lowest BCUT2D eigenvalue weighted by Crippen LogP contribution is -2.52. The second kappa shape index (κ2) is 16.6. The number of likely N-dealkylation sites (tertiary alicyclic amines) is 1. The van der Waals surface area contributed by atoms with Gasteiger partial charge in [0, 0.05) is 119 Å². The van der Waals surface area contributed by atoms with E-state index in [1.165, 1.54) is 0 Å². The molecule has 13 rings (SSSR count). The number of halogens is 1. The quantitative estimate of drug-likeness (QED) is 0.142. The molecule has 6 aliphatic heterocycles. The number of amides is 3. The molecule has 2 saturated carbocycles. The number of carbonyl (C=O) groups is 3. The smallest absolute Gasteiger partial charge is 0.319 e. The van der Waals surface area contributed by atoms with Gasteiger partial charge in [-0.05, 0) is 109 Å². The van der Waals surface area contributed by atoms with Gasteiger partial charge in [-0.25, -0.2) is 4.39 Å². The summed E-state index contributed by atoms with van der Waals surface area (Å²) < 4.78 is 23.7. The molecule has 69 heavy (non-hydrogen) atoms. The molecule has 3 aromatic carbocycles. The molecule has 2 aromatic heterocycles. The molecule has 16 heteroatoms. The molecule has 2 unspecified atom stereocenters. The van der Waals surface area contributed by atoms with E-state index in [-0.39, 0.29) is 52.5 Å². The van der Waals surface area contributed by atoms with Crippen LogP contribution in [0.1, 0.15) is 66.9 Å². The number of imide groups is 1.